The van der Waals surface area contributed by atoms with Gasteiger partial charge in [0.2, 0.25) is 0 Å². The first-order valence-electron chi connectivity index (χ1n) is 3.85. The molecule has 0 aliphatic carbocycles. The molecule has 0 aliphatic heterocycles. The predicted molar refractivity (Wildman–Crippen MR) is 57.7 cm³/mol. The molecule has 0 bridgehead atoms. The molecule has 0 saturated heterocycles. The zero-order valence-electron chi connectivity index (χ0n) is 6.79. The summed E-state index contributed by atoms with van der Waals surface area (Å²) < 4.78 is 0.956. The number of nitrogen functional groups attached to an aromatic ring is 1. The van der Waals surface area contributed by atoms with Gasteiger partial charge in [-0.2, -0.15) is 0 Å². The van der Waals surface area contributed by atoms with Crippen LogP contribution in [0, 0.1) is 0 Å². The van der Waals surface area contributed by atoms with Crippen molar-refractivity contribution in [2.24, 2.45) is 0 Å². The van der Waals surface area contributed by atoms with E-state index >= 15 is 0 Å². The molecule has 2 aromatic rings. The molecule has 3 heteroatoms. The zero-order chi connectivity index (χ0) is 9.42. The lowest BCUT2D eigenvalue weighted by Crippen LogP contribution is -1.87. The normalized spacial score (nSPS) is 10.5. The minimum Gasteiger partial charge on any atom is -0.506 e. The standard InChI is InChI=1S/C10H8BrNO/c11-7-3-1-6-2-4-9(13)10(12)8(6)5-7/h1-5,13H,12H2. The summed E-state index contributed by atoms with van der Waals surface area (Å²) in [5.74, 6) is 0.130. The first-order valence-corrected chi connectivity index (χ1v) is 4.64. The fourth-order valence-electron chi connectivity index (χ4n) is 1.30. The maximum absolute atomic E-state index is 9.37. The molecule has 0 heterocycles. The third-order valence-corrected chi connectivity index (χ3v) is 2.50. The zero-order valence-corrected chi connectivity index (χ0v) is 8.38. The van der Waals surface area contributed by atoms with Crippen molar-refractivity contribution >= 4 is 32.4 Å². The minimum absolute atomic E-state index is 0.130. The molecular formula is C10H8BrNO. The fraction of sp³-hybridized carbons (Fsp3) is 0. The Morgan fingerprint density at radius 2 is 1.85 bits per heavy atom. The molecule has 66 valence electrons. The van der Waals surface area contributed by atoms with Crippen LogP contribution < -0.4 is 5.73 Å². The molecule has 0 saturated carbocycles. The van der Waals surface area contributed by atoms with Crippen molar-refractivity contribution in [2.45, 2.75) is 0 Å². The van der Waals surface area contributed by atoms with Crippen LogP contribution in [-0.2, 0) is 0 Å². The smallest absolute Gasteiger partial charge is 0.139 e. The molecule has 2 nitrogen and oxygen atoms in total. The molecule has 0 aliphatic rings. The minimum atomic E-state index is 0.130. The van der Waals surface area contributed by atoms with E-state index in [1.165, 1.54) is 0 Å². The molecule has 0 unspecified atom stereocenters. The maximum Gasteiger partial charge on any atom is 0.139 e. The van der Waals surface area contributed by atoms with E-state index < -0.39 is 0 Å². The molecule has 0 amide bonds. The van der Waals surface area contributed by atoms with Gasteiger partial charge in [0.15, 0.2) is 0 Å². The van der Waals surface area contributed by atoms with Gasteiger partial charge < -0.3 is 10.8 Å². The summed E-state index contributed by atoms with van der Waals surface area (Å²) in [4.78, 5) is 0. The SMILES string of the molecule is Nc1c(O)ccc2ccc(Br)cc12. The number of hydrogen-bond acceptors (Lipinski definition) is 2. The molecule has 2 rings (SSSR count). The van der Waals surface area contributed by atoms with Gasteiger partial charge in [0.1, 0.15) is 5.75 Å². The quantitative estimate of drug-likeness (QED) is 0.547. The topological polar surface area (TPSA) is 46.2 Å². The first kappa shape index (κ1) is 8.38. The summed E-state index contributed by atoms with van der Waals surface area (Å²) in [5.41, 5.74) is 6.15. The number of halogens is 1. The first-order chi connectivity index (χ1) is 6.18. The lowest BCUT2D eigenvalue weighted by molar-refractivity contribution is 0.478. The highest BCUT2D eigenvalue weighted by atomic mass is 79.9. The molecule has 13 heavy (non-hydrogen) atoms. The van der Waals surface area contributed by atoms with Crippen LogP contribution in [-0.4, -0.2) is 5.11 Å². The number of nitrogens with two attached hydrogens (primary N) is 1. The van der Waals surface area contributed by atoms with Crippen LogP contribution >= 0.6 is 15.9 Å². The monoisotopic (exact) mass is 237 g/mol. The van der Waals surface area contributed by atoms with Gasteiger partial charge in [0.25, 0.3) is 0 Å². The van der Waals surface area contributed by atoms with Gasteiger partial charge in [0, 0.05) is 9.86 Å². The number of benzene rings is 2. The van der Waals surface area contributed by atoms with Crippen LogP contribution in [0.5, 0.6) is 5.75 Å². The van der Waals surface area contributed by atoms with Gasteiger partial charge in [-0.1, -0.05) is 28.1 Å². The average Bonchev–Trinajstić information content (AvgIpc) is 2.12. The van der Waals surface area contributed by atoms with Crippen LogP contribution in [0.4, 0.5) is 5.69 Å². The van der Waals surface area contributed by atoms with Crippen molar-refractivity contribution in [3.8, 4) is 5.75 Å². The second-order valence-corrected chi connectivity index (χ2v) is 3.78. The molecule has 3 N–H and O–H groups in total. The highest BCUT2D eigenvalue weighted by Crippen LogP contribution is 2.31. The van der Waals surface area contributed by atoms with E-state index in [2.05, 4.69) is 15.9 Å². The highest BCUT2D eigenvalue weighted by molar-refractivity contribution is 9.10. The summed E-state index contributed by atoms with van der Waals surface area (Å²) in [7, 11) is 0. The lowest BCUT2D eigenvalue weighted by Gasteiger charge is -2.04. The number of rotatable bonds is 0. The van der Waals surface area contributed by atoms with Gasteiger partial charge in [-0.15, -0.1) is 0 Å². The Bertz CT molecular complexity index is 462. The summed E-state index contributed by atoms with van der Waals surface area (Å²) in [6.07, 6.45) is 0. The third kappa shape index (κ3) is 1.35. The number of anilines is 1. The Morgan fingerprint density at radius 3 is 2.62 bits per heavy atom. The van der Waals surface area contributed by atoms with E-state index in [1.807, 2.05) is 24.3 Å². The average molecular weight is 238 g/mol. The predicted octanol–water partition coefficient (Wildman–Crippen LogP) is 2.89. The number of hydrogen-bond donors (Lipinski definition) is 2. The Hall–Kier alpha value is -1.22. The molecule has 0 spiro atoms. The van der Waals surface area contributed by atoms with Crippen molar-refractivity contribution < 1.29 is 5.11 Å². The molecule has 0 radical (unpaired) electrons. The third-order valence-electron chi connectivity index (χ3n) is 2.00. The highest BCUT2D eigenvalue weighted by Gasteiger charge is 2.02. The Labute approximate surface area is 84.1 Å². The Kier molecular flexibility index (Phi) is 1.88. The number of phenols is 1. The van der Waals surface area contributed by atoms with E-state index in [9.17, 15) is 5.11 Å². The Balaban J connectivity index is 2.89. The van der Waals surface area contributed by atoms with Crippen molar-refractivity contribution in [1.82, 2.24) is 0 Å². The molecule has 0 atom stereocenters. The van der Waals surface area contributed by atoms with Crippen LogP contribution in [0.3, 0.4) is 0 Å². The van der Waals surface area contributed by atoms with Crippen LogP contribution in [0.15, 0.2) is 34.8 Å². The van der Waals surface area contributed by atoms with Crippen molar-refractivity contribution in [3.63, 3.8) is 0 Å². The van der Waals surface area contributed by atoms with Crippen LogP contribution in [0.1, 0.15) is 0 Å². The number of fused-ring (bicyclic) bond motifs is 1. The molecular weight excluding hydrogens is 230 g/mol. The lowest BCUT2D eigenvalue weighted by atomic mass is 10.1. The summed E-state index contributed by atoms with van der Waals surface area (Å²) in [5, 5.41) is 11.3. The largest absolute Gasteiger partial charge is 0.506 e. The van der Waals surface area contributed by atoms with E-state index in [1.54, 1.807) is 6.07 Å². The number of phenolic OH excluding ortho intramolecular Hbond substituents is 1. The van der Waals surface area contributed by atoms with E-state index in [4.69, 9.17) is 5.73 Å². The fourth-order valence-corrected chi connectivity index (χ4v) is 1.66. The second-order valence-electron chi connectivity index (χ2n) is 2.86. The summed E-state index contributed by atoms with van der Waals surface area (Å²) in [6.45, 7) is 0. The number of aromatic hydroxyl groups is 1. The molecule has 0 fully saturated rings. The van der Waals surface area contributed by atoms with Gasteiger partial charge in [-0.05, 0) is 23.6 Å². The van der Waals surface area contributed by atoms with Crippen LogP contribution in [0.2, 0.25) is 0 Å². The van der Waals surface area contributed by atoms with Crippen molar-refractivity contribution in [2.75, 3.05) is 5.73 Å². The van der Waals surface area contributed by atoms with Gasteiger partial charge in [-0.3, -0.25) is 0 Å². The van der Waals surface area contributed by atoms with Crippen molar-refractivity contribution in [3.05, 3.63) is 34.8 Å². The second kappa shape index (κ2) is 2.92. The van der Waals surface area contributed by atoms with Crippen molar-refractivity contribution in [1.29, 1.82) is 0 Å². The molecule has 2 aromatic carbocycles. The summed E-state index contributed by atoms with van der Waals surface area (Å²) in [6, 6.07) is 9.23. The molecule has 0 aromatic heterocycles. The van der Waals surface area contributed by atoms with E-state index in [0.717, 1.165) is 15.2 Å². The van der Waals surface area contributed by atoms with Crippen LogP contribution in [0.25, 0.3) is 10.8 Å². The Morgan fingerprint density at radius 1 is 1.15 bits per heavy atom. The maximum atomic E-state index is 9.37. The van der Waals surface area contributed by atoms with E-state index in [-0.39, 0.29) is 5.75 Å². The van der Waals surface area contributed by atoms with Gasteiger partial charge >= 0.3 is 0 Å². The van der Waals surface area contributed by atoms with E-state index in [0.29, 0.717) is 5.69 Å². The van der Waals surface area contributed by atoms with Gasteiger partial charge in [-0.25, -0.2) is 0 Å². The van der Waals surface area contributed by atoms with Gasteiger partial charge in [0.05, 0.1) is 5.69 Å². The summed E-state index contributed by atoms with van der Waals surface area (Å²) >= 11 is 3.35.